The monoisotopic (exact) mass is 210 g/mol. The summed E-state index contributed by atoms with van der Waals surface area (Å²) < 4.78 is 0. The second-order valence-electron chi connectivity index (χ2n) is 3.75. The Morgan fingerprint density at radius 1 is 1.57 bits per heavy atom. The number of nitrogens with one attached hydrogen (secondary N) is 1. The molecule has 2 rings (SSSR count). The van der Waals surface area contributed by atoms with Gasteiger partial charge < -0.3 is 5.32 Å². The van der Waals surface area contributed by atoms with Crippen molar-refractivity contribution in [1.82, 2.24) is 10.3 Å². The molecule has 0 aromatic carbocycles. The van der Waals surface area contributed by atoms with Crippen LogP contribution in [-0.2, 0) is 11.2 Å². The third-order valence-corrected chi connectivity index (χ3v) is 3.71. The zero-order chi connectivity index (χ0) is 10.1. The van der Waals surface area contributed by atoms with E-state index in [1.807, 2.05) is 13.8 Å². The highest BCUT2D eigenvalue weighted by atomic mass is 32.1. The molecule has 1 aromatic heterocycles. The Morgan fingerprint density at radius 2 is 2.29 bits per heavy atom. The van der Waals surface area contributed by atoms with E-state index in [4.69, 9.17) is 0 Å². The molecule has 1 fully saturated rings. The van der Waals surface area contributed by atoms with Gasteiger partial charge in [0.05, 0.1) is 12.1 Å². The van der Waals surface area contributed by atoms with Crippen LogP contribution in [0.25, 0.3) is 0 Å². The summed E-state index contributed by atoms with van der Waals surface area (Å²) in [5.74, 6) is 0.567. The Morgan fingerprint density at radius 3 is 2.71 bits per heavy atom. The smallest absolute Gasteiger partial charge is 0.145 e. The maximum Gasteiger partial charge on any atom is 0.145 e. The number of hydrogen-bond donors (Lipinski definition) is 1. The van der Waals surface area contributed by atoms with Crippen molar-refractivity contribution >= 4 is 17.1 Å². The maximum absolute atomic E-state index is 11.6. The second kappa shape index (κ2) is 3.79. The lowest BCUT2D eigenvalue weighted by atomic mass is 9.96. The van der Waals surface area contributed by atoms with Gasteiger partial charge in [0.15, 0.2) is 0 Å². The number of hydrogen-bond acceptors (Lipinski definition) is 4. The van der Waals surface area contributed by atoms with Crippen LogP contribution in [0.15, 0.2) is 0 Å². The van der Waals surface area contributed by atoms with Crippen molar-refractivity contribution < 1.29 is 4.79 Å². The van der Waals surface area contributed by atoms with E-state index >= 15 is 0 Å². The quantitative estimate of drug-likeness (QED) is 0.812. The van der Waals surface area contributed by atoms with Crippen LogP contribution >= 0.6 is 11.3 Å². The topological polar surface area (TPSA) is 42.0 Å². The molecule has 2 heterocycles. The molecule has 14 heavy (non-hydrogen) atoms. The van der Waals surface area contributed by atoms with Gasteiger partial charge in [-0.05, 0) is 13.8 Å². The third kappa shape index (κ3) is 1.86. The van der Waals surface area contributed by atoms with E-state index in [9.17, 15) is 4.79 Å². The van der Waals surface area contributed by atoms with E-state index < -0.39 is 0 Å². The average molecular weight is 210 g/mol. The van der Waals surface area contributed by atoms with Crippen molar-refractivity contribution in [3.63, 3.8) is 0 Å². The molecule has 3 nitrogen and oxygen atoms in total. The minimum atomic E-state index is 0.236. The predicted octanol–water partition coefficient (Wildman–Crippen LogP) is 1.09. The van der Waals surface area contributed by atoms with Crippen LogP contribution in [0.4, 0.5) is 0 Å². The summed E-state index contributed by atoms with van der Waals surface area (Å²) in [4.78, 5) is 17.2. The fourth-order valence-corrected chi connectivity index (χ4v) is 2.37. The third-order valence-electron chi connectivity index (χ3n) is 2.64. The number of ketones is 1. The Kier molecular flexibility index (Phi) is 2.65. The summed E-state index contributed by atoms with van der Waals surface area (Å²) in [6.07, 6.45) is 0.520. The lowest BCUT2D eigenvalue weighted by molar-refractivity contribution is -0.123. The number of carbonyl (C=O) groups is 1. The molecule has 1 N–H and O–H groups in total. The van der Waals surface area contributed by atoms with Crippen LogP contribution in [0.5, 0.6) is 0 Å². The van der Waals surface area contributed by atoms with Crippen molar-refractivity contribution in [2.45, 2.75) is 20.3 Å². The van der Waals surface area contributed by atoms with Crippen LogP contribution in [0.3, 0.4) is 0 Å². The summed E-state index contributed by atoms with van der Waals surface area (Å²) >= 11 is 1.64. The summed E-state index contributed by atoms with van der Waals surface area (Å²) in [7, 11) is 0. The molecule has 1 aromatic rings. The van der Waals surface area contributed by atoms with Crippen LogP contribution in [-0.4, -0.2) is 23.9 Å². The number of aryl methyl sites for hydroxylation is 2. The number of nitrogens with zero attached hydrogens (tertiary/aromatic N) is 1. The number of rotatable bonds is 3. The number of carbonyl (C=O) groups excluding carboxylic acids is 1. The van der Waals surface area contributed by atoms with Crippen molar-refractivity contribution in [2.24, 2.45) is 5.92 Å². The first-order chi connectivity index (χ1) is 6.66. The van der Waals surface area contributed by atoms with Gasteiger partial charge in [-0.25, -0.2) is 4.98 Å². The van der Waals surface area contributed by atoms with Crippen molar-refractivity contribution in [3.8, 4) is 0 Å². The molecular formula is C10H14N2OS. The Bertz CT molecular complexity index is 336. The van der Waals surface area contributed by atoms with E-state index in [2.05, 4.69) is 10.3 Å². The molecule has 0 amide bonds. The van der Waals surface area contributed by atoms with Crippen molar-refractivity contribution in [2.75, 3.05) is 13.1 Å². The molecular weight excluding hydrogens is 196 g/mol. The fraction of sp³-hybridized carbons (Fsp3) is 0.600. The molecule has 76 valence electrons. The normalized spacial score (nSPS) is 16.7. The summed E-state index contributed by atoms with van der Waals surface area (Å²) in [5.41, 5.74) is 1.06. The maximum atomic E-state index is 11.6. The van der Waals surface area contributed by atoms with Gasteiger partial charge in [0, 0.05) is 23.9 Å². The summed E-state index contributed by atoms with van der Waals surface area (Å²) in [5, 5.41) is 4.08. The standard InChI is InChI=1S/C10H14N2OS/c1-6-7(2)14-10(12-6)3-9(13)8-4-11-5-8/h8,11H,3-5H2,1-2H3. The van der Waals surface area contributed by atoms with Gasteiger partial charge in [-0.1, -0.05) is 0 Å². The van der Waals surface area contributed by atoms with Crippen LogP contribution in [0.2, 0.25) is 0 Å². The van der Waals surface area contributed by atoms with Crippen LogP contribution < -0.4 is 5.32 Å². The zero-order valence-corrected chi connectivity index (χ0v) is 9.28. The largest absolute Gasteiger partial charge is 0.315 e. The molecule has 0 unspecified atom stereocenters. The first-order valence-corrected chi connectivity index (χ1v) is 5.65. The van der Waals surface area contributed by atoms with Crippen molar-refractivity contribution in [1.29, 1.82) is 0 Å². The van der Waals surface area contributed by atoms with Crippen LogP contribution in [0.1, 0.15) is 15.6 Å². The number of thiazole rings is 1. The first-order valence-electron chi connectivity index (χ1n) is 4.83. The van der Waals surface area contributed by atoms with Gasteiger partial charge >= 0.3 is 0 Å². The Balaban J connectivity index is 1.99. The molecule has 1 aliphatic rings. The van der Waals surface area contributed by atoms with Gasteiger partial charge in [-0.15, -0.1) is 11.3 Å². The van der Waals surface area contributed by atoms with Crippen LogP contribution in [0, 0.1) is 19.8 Å². The first kappa shape index (κ1) is 9.80. The lowest BCUT2D eigenvalue weighted by Crippen LogP contribution is -2.47. The van der Waals surface area contributed by atoms with Gasteiger partial charge in [0.2, 0.25) is 0 Å². The molecule has 0 saturated carbocycles. The highest BCUT2D eigenvalue weighted by Gasteiger charge is 2.25. The SMILES string of the molecule is Cc1nc(CC(=O)C2CNC2)sc1C. The Hall–Kier alpha value is -0.740. The molecule has 1 saturated heterocycles. The zero-order valence-electron chi connectivity index (χ0n) is 8.46. The summed E-state index contributed by atoms with van der Waals surface area (Å²) in [6, 6.07) is 0. The fourth-order valence-electron chi connectivity index (χ4n) is 1.42. The van der Waals surface area contributed by atoms with Gasteiger partial charge in [-0.3, -0.25) is 4.79 Å². The van der Waals surface area contributed by atoms with Gasteiger partial charge in [-0.2, -0.15) is 0 Å². The molecule has 0 atom stereocenters. The van der Waals surface area contributed by atoms with E-state index in [-0.39, 0.29) is 5.92 Å². The predicted molar refractivity (Wildman–Crippen MR) is 56.7 cm³/mol. The number of Topliss-reactive ketones (excluding diaryl/α,β-unsaturated/α-hetero) is 1. The summed E-state index contributed by atoms with van der Waals surface area (Å²) in [6.45, 7) is 5.74. The van der Waals surface area contributed by atoms with E-state index in [0.717, 1.165) is 23.8 Å². The minimum Gasteiger partial charge on any atom is -0.315 e. The molecule has 1 aliphatic heterocycles. The van der Waals surface area contributed by atoms with E-state index in [1.54, 1.807) is 11.3 Å². The second-order valence-corrected chi connectivity index (χ2v) is 5.04. The molecule has 0 radical (unpaired) electrons. The van der Waals surface area contributed by atoms with Gasteiger partial charge in [0.25, 0.3) is 0 Å². The molecule has 0 bridgehead atoms. The van der Waals surface area contributed by atoms with Crippen molar-refractivity contribution in [3.05, 3.63) is 15.6 Å². The highest BCUT2D eigenvalue weighted by molar-refractivity contribution is 7.11. The molecule has 0 aliphatic carbocycles. The van der Waals surface area contributed by atoms with Gasteiger partial charge in [0.1, 0.15) is 10.8 Å². The molecule has 0 spiro atoms. The highest BCUT2D eigenvalue weighted by Crippen LogP contribution is 2.18. The number of aromatic nitrogens is 1. The molecule has 4 heteroatoms. The lowest BCUT2D eigenvalue weighted by Gasteiger charge is -2.25. The minimum absolute atomic E-state index is 0.236. The Labute approximate surface area is 87.6 Å². The van der Waals surface area contributed by atoms with E-state index in [0.29, 0.717) is 12.2 Å². The average Bonchev–Trinajstić information content (AvgIpc) is 2.26. The van der Waals surface area contributed by atoms with E-state index in [1.165, 1.54) is 4.88 Å².